The lowest BCUT2D eigenvalue weighted by Gasteiger charge is -2.11. The van der Waals surface area contributed by atoms with Crippen molar-refractivity contribution in [3.63, 3.8) is 0 Å². The van der Waals surface area contributed by atoms with Gasteiger partial charge in [-0.1, -0.05) is 50.0 Å². The first-order chi connectivity index (χ1) is 11.1. The highest BCUT2D eigenvalue weighted by Gasteiger charge is 2.05. The summed E-state index contributed by atoms with van der Waals surface area (Å²) in [7, 11) is 1.65. The van der Waals surface area contributed by atoms with Crippen molar-refractivity contribution in [2.24, 2.45) is 0 Å². The van der Waals surface area contributed by atoms with Gasteiger partial charge in [-0.25, -0.2) is 0 Å². The van der Waals surface area contributed by atoms with Crippen LogP contribution in [0.5, 0.6) is 11.5 Å². The smallest absolute Gasteiger partial charge is 0.161 e. The minimum absolute atomic E-state index is 0.706. The predicted molar refractivity (Wildman–Crippen MR) is 96.1 cm³/mol. The molecule has 1 aromatic carbocycles. The Morgan fingerprint density at radius 1 is 1.09 bits per heavy atom. The van der Waals surface area contributed by atoms with Gasteiger partial charge in [-0.15, -0.1) is 0 Å². The van der Waals surface area contributed by atoms with Crippen LogP contribution in [0.1, 0.15) is 52.0 Å². The second-order valence-corrected chi connectivity index (χ2v) is 5.71. The van der Waals surface area contributed by atoms with Gasteiger partial charge in [0.25, 0.3) is 0 Å². The van der Waals surface area contributed by atoms with Crippen LogP contribution in [-0.4, -0.2) is 20.0 Å². The van der Waals surface area contributed by atoms with Gasteiger partial charge in [0, 0.05) is 0 Å². The van der Waals surface area contributed by atoms with Crippen molar-refractivity contribution in [3.05, 3.63) is 41.0 Å². The zero-order valence-electron chi connectivity index (χ0n) is 14.7. The van der Waals surface area contributed by atoms with Crippen molar-refractivity contribution in [1.29, 1.82) is 0 Å². The van der Waals surface area contributed by atoms with E-state index in [-0.39, 0.29) is 0 Å². The summed E-state index contributed by atoms with van der Waals surface area (Å²) in [6.07, 6.45) is 9.46. The minimum atomic E-state index is 0.706. The molecule has 0 heterocycles. The zero-order valence-corrected chi connectivity index (χ0v) is 14.7. The van der Waals surface area contributed by atoms with E-state index in [2.05, 4.69) is 6.92 Å². The first-order valence-electron chi connectivity index (χ1n) is 8.23. The molecule has 0 unspecified atom stereocenters. The number of hydrogen-bond acceptors (Lipinski definition) is 3. The molecule has 3 nitrogen and oxygen atoms in total. The number of benzene rings is 1. The fourth-order valence-corrected chi connectivity index (χ4v) is 2.30. The summed E-state index contributed by atoms with van der Waals surface area (Å²) in [5.74, 6) is 1.51. The number of methoxy groups -OCH3 is 1. The molecule has 0 spiro atoms. The van der Waals surface area contributed by atoms with E-state index in [9.17, 15) is 4.79 Å². The maximum absolute atomic E-state index is 10.7. The Bertz CT molecular complexity index is 556. The molecule has 23 heavy (non-hydrogen) atoms. The lowest BCUT2D eigenvalue weighted by atomic mass is 10.1. The molecule has 0 amide bonds. The van der Waals surface area contributed by atoms with Gasteiger partial charge in [0.05, 0.1) is 13.7 Å². The van der Waals surface area contributed by atoms with Gasteiger partial charge in [-0.3, -0.25) is 4.79 Å². The molecule has 0 radical (unpaired) electrons. The summed E-state index contributed by atoms with van der Waals surface area (Å²) in [4.78, 5) is 10.7. The summed E-state index contributed by atoms with van der Waals surface area (Å²) in [6.45, 7) is 6.67. The zero-order chi connectivity index (χ0) is 17.1. The molecule has 0 aliphatic heterocycles. The van der Waals surface area contributed by atoms with Crippen LogP contribution in [-0.2, 0) is 4.79 Å². The molecule has 0 fully saturated rings. The molecule has 0 aliphatic rings. The van der Waals surface area contributed by atoms with Crippen molar-refractivity contribution in [2.45, 2.75) is 46.5 Å². The lowest BCUT2D eigenvalue weighted by Crippen LogP contribution is -1.99. The number of rotatable bonds is 10. The van der Waals surface area contributed by atoms with E-state index in [1.54, 1.807) is 14.0 Å². The summed E-state index contributed by atoms with van der Waals surface area (Å²) in [6, 6.07) is 5.89. The van der Waals surface area contributed by atoms with E-state index in [1.165, 1.54) is 19.3 Å². The molecule has 126 valence electrons. The van der Waals surface area contributed by atoms with Crippen LogP contribution < -0.4 is 9.47 Å². The Kier molecular flexibility index (Phi) is 8.81. The van der Waals surface area contributed by atoms with Crippen LogP contribution in [0.25, 0.3) is 6.08 Å². The summed E-state index contributed by atoms with van der Waals surface area (Å²) < 4.78 is 11.2. The quantitative estimate of drug-likeness (QED) is 0.257. The third-order valence-corrected chi connectivity index (χ3v) is 3.48. The van der Waals surface area contributed by atoms with Crippen molar-refractivity contribution in [2.75, 3.05) is 13.7 Å². The predicted octanol–water partition coefficient (Wildman–Crippen LogP) is 5.20. The van der Waals surface area contributed by atoms with E-state index in [0.29, 0.717) is 12.2 Å². The van der Waals surface area contributed by atoms with Crippen LogP contribution in [0.3, 0.4) is 0 Å². The number of carbonyl (C=O) groups is 1. The van der Waals surface area contributed by atoms with Crippen molar-refractivity contribution in [1.82, 2.24) is 0 Å². The second-order valence-electron chi connectivity index (χ2n) is 5.71. The monoisotopic (exact) mass is 316 g/mol. The number of carbonyl (C=O) groups excluding carboxylic acids is 1. The Balaban J connectivity index is 2.75. The summed E-state index contributed by atoms with van der Waals surface area (Å²) in [5.41, 5.74) is 2.75. The number of allylic oxidation sites excluding steroid dienone is 3. The van der Waals surface area contributed by atoms with Gasteiger partial charge < -0.3 is 9.47 Å². The van der Waals surface area contributed by atoms with Crippen LogP contribution in [0.2, 0.25) is 0 Å². The van der Waals surface area contributed by atoms with Gasteiger partial charge in [0.1, 0.15) is 6.29 Å². The fourth-order valence-electron chi connectivity index (χ4n) is 2.30. The SMILES string of the molecule is CCCCCCOc1ccc(/C=C(C)/C=C(\C)C=O)cc1OC. The second kappa shape index (κ2) is 10.7. The molecular weight excluding hydrogens is 288 g/mol. The molecule has 0 bridgehead atoms. The highest BCUT2D eigenvalue weighted by Crippen LogP contribution is 2.29. The highest BCUT2D eigenvalue weighted by molar-refractivity contribution is 5.74. The van der Waals surface area contributed by atoms with E-state index in [0.717, 1.165) is 35.3 Å². The molecule has 0 aromatic heterocycles. The van der Waals surface area contributed by atoms with Gasteiger partial charge >= 0.3 is 0 Å². The summed E-state index contributed by atoms with van der Waals surface area (Å²) >= 11 is 0. The summed E-state index contributed by atoms with van der Waals surface area (Å²) in [5, 5.41) is 0. The average molecular weight is 316 g/mol. The Hall–Kier alpha value is -2.03. The molecule has 0 saturated carbocycles. The van der Waals surface area contributed by atoms with Crippen molar-refractivity contribution < 1.29 is 14.3 Å². The number of unbranched alkanes of at least 4 members (excludes halogenated alkanes) is 3. The molecule has 3 heteroatoms. The molecule has 0 saturated heterocycles. The van der Waals surface area contributed by atoms with E-state index >= 15 is 0 Å². The Morgan fingerprint density at radius 2 is 1.87 bits per heavy atom. The third-order valence-electron chi connectivity index (χ3n) is 3.48. The van der Waals surface area contributed by atoms with E-state index < -0.39 is 0 Å². The van der Waals surface area contributed by atoms with Crippen LogP contribution in [0.4, 0.5) is 0 Å². The number of ether oxygens (including phenoxy) is 2. The molecule has 0 N–H and O–H groups in total. The Labute approximate surface area is 140 Å². The number of hydrogen-bond donors (Lipinski definition) is 0. The van der Waals surface area contributed by atoms with Crippen LogP contribution in [0, 0.1) is 0 Å². The van der Waals surface area contributed by atoms with Gasteiger partial charge in [0.15, 0.2) is 11.5 Å². The lowest BCUT2D eigenvalue weighted by molar-refractivity contribution is -0.104. The largest absolute Gasteiger partial charge is 0.493 e. The van der Waals surface area contributed by atoms with Gasteiger partial charge in [0.2, 0.25) is 0 Å². The molecule has 0 atom stereocenters. The Morgan fingerprint density at radius 3 is 2.52 bits per heavy atom. The van der Waals surface area contributed by atoms with Crippen LogP contribution in [0.15, 0.2) is 35.4 Å². The topological polar surface area (TPSA) is 35.5 Å². The van der Waals surface area contributed by atoms with Crippen LogP contribution >= 0.6 is 0 Å². The normalized spacial score (nSPS) is 12.2. The standard InChI is InChI=1S/C20H28O3/c1-5-6-7-8-11-23-19-10-9-18(14-20(19)22-4)13-16(2)12-17(3)15-21/h9-10,12-15H,5-8,11H2,1-4H3/b16-13+,17-12+. The first kappa shape index (κ1) is 19.0. The third kappa shape index (κ3) is 7.18. The van der Waals surface area contributed by atoms with Gasteiger partial charge in [-0.2, -0.15) is 0 Å². The number of aldehydes is 1. The molecular formula is C20H28O3. The fraction of sp³-hybridized carbons (Fsp3) is 0.450. The highest BCUT2D eigenvalue weighted by atomic mass is 16.5. The first-order valence-corrected chi connectivity index (χ1v) is 8.23. The van der Waals surface area contributed by atoms with E-state index in [1.807, 2.05) is 37.3 Å². The maximum atomic E-state index is 10.7. The van der Waals surface area contributed by atoms with Crippen molar-refractivity contribution >= 4 is 12.4 Å². The molecule has 1 aromatic rings. The van der Waals surface area contributed by atoms with Crippen molar-refractivity contribution in [3.8, 4) is 11.5 Å². The molecule has 0 aliphatic carbocycles. The van der Waals surface area contributed by atoms with Gasteiger partial charge in [-0.05, 0) is 43.5 Å². The molecule has 1 rings (SSSR count). The minimum Gasteiger partial charge on any atom is -0.493 e. The maximum Gasteiger partial charge on any atom is 0.161 e. The average Bonchev–Trinajstić information content (AvgIpc) is 2.55. The van der Waals surface area contributed by atoms with E-state index in [4.69, 9.17) is 9.47 Å².